The highest BCUT2D eigenvalue weighted by molar-refractivity contribution is 5.69. The second-order valence-electron chi connectivity index (χ2n) is 6.36. The molecule has 6 nitrogen and oxygen atoms in total. The van der Waals surface area contributed by atoms with Gasteiger partial charge in [-0.05, 0) is 46.6 Å². The molecule has 0 unspecified atom stereocenters. The lowest BCUT2D eigenvalue weighted by atomic mass is 10.2. The third-order valence-corrected chi connectivity index (χ3v) is 3.21. The Labute approximate surface area is 128 Å². The number of carbonyl (C=O) groups is 1. The molecule has 124 valence electrons. The number of ether oxygens (including phenoxy) is 3. The van der Waals surface area contributed by atoms with E-state index in [0.29, 0.717) is 12.6 Å². The summed E-state index contributed by atoms with van der Waals surface area (Å²) in [5, 5.41) is 3.26. The molecule has 1 amide bonds. The minimum absolute atomic E-state index is 0.198. The highest BCUT2D eigenvalue weighted by atomic mass is 16.7. The summed E-state index contributed by atoms with van der Waals surface area (Å²) in [6.07, 6.45) is 2.63. The number of rotatable bonds is 9. The number of amides is 1. The van der Waals surface area contributed by atoms with E-state index < -0.39 is 5.60 Å². The van der Waals surface area contributed by atoms with Crippen molar-refractivity contribution in [2.24, 2.45) is 0 Å². The zero-order valence-electron chi connectivity index (χ0n) is 14.0. The first kappa shape index (κ1) is 18.2. The third-order valence-electron chi connectivity index (χ3n) is 3.21. The highest BCUT2D eigenvalue weighted by Gasteiger charge is 2.34. The molecule has 0 bridgehead atoms. The van der Waals surface area contributed by atoms with Crippen LogP contribution in [0.4, 0.5) is 4.79 Å². The molecule has 0 aliphatic heterocycles. The Kier molecular flexibility index (Phi) is 7.42. The number of carbonyl (C=O) groups excluding carboxylic acids is 1. The molecule has 1 fully saturated rings. The van der Waals surface area contributed by atoms with Gasteiger partial charge in [0.2, 0.25) is 0 Å². The zero-order valence-corrected chi connectivity index (χ0v) is 14.0. The Morgan fingerprint density at radius 3 is 2.38 bits per heavy atom. The fraction of sp³-hybridized carbons (Fsp3) is 0.933. The molecular weight excluding hydrogens is 272 g/mol. The average Bonchev–Trinajstić information content (AvgIpc) is 3.20. The first-order chi connectivity index (χ1) is 9.87. The summed E-state index contributed by atoms with van der Waals surface area (Å²) < 4.78 is 15.7. The van der Waals surface area contributed by atoms with E-state index in [1.807, 2.05) is 25.7 Å². The van der Waals surface area contributed by atoms with Gasteiger partial charge in [0.15, 0.2) is 6.29 Å². The van der Waals surface area contributed by atoms with Gasteiger partial charge >= 0.3 is 6.09 Å². The summed E-state index contributed by atoms with van der Waals surface area (Å²) in [7, 11) is 3.24. The van der Waals surface area contributed by atoms with Gasteiger partial charge in [0.1, 0.15) is 5.60 Å². The van der Waals surface area contributed by atoms with Gasteiger partial charge in [0.05, 0.1) is 0 Å². The Morgan fingerprint density at radius 2 is 1.90 bits per heavy atom. The minimum atomic E-state index is -0.438. The van der Waals surface area contributed by atoms with Crippen LogP contribution in [-0.2, 0) is 14.2 Å². The van der Waals surface area contributed by atoms with Crippen LogP contribution in [0, 0.1) is 0 Å². The van der Waals surface area contributed by atoms with E-state index in [0.717, 1.165) is 32.4 Å². The lowest BCUT2D eigenvalue weighted by Crippen LogP contribution is -2.40. The van der Waals surface area contributed by atoms with Crippen molar-refractivity contribution >= 4 is 6.09 Å². The van der Waals surface area contributed by atoms with Crippen LogP contribution in [0.1, 0.15) is 40.0 Å². The maximum absolute atomic E-state index is 12.1. The molecular formula is C15H30N2O4. The molecule has 0 heterocycles. The largest absolute Gasteiger partial charge is 0.444 e. The van der Waals surface area contributed by atoms with E-state index in [2.05, 4.69) is 5.32 Å². The molecule has 0 aromatic carbocycles. The first-order valence-corrected chi connectivity index (χ1v) is 7.63. The third kappa shape index (κ3) is 7.64. The van der Waals surface area contributed by atoms with Crippen LogP contribution in [0.15, 0.2) is 0 Å². The molecule has 1 rings (SSSR count). The Bertz CT molecular complexity index is 309. The normalized spacial score (nSPS) is 15.3. The summed E-state index contributed by atoms with van der Waals surface area (Å²) in [6, 6.07) is 0.366. The van der Waals surface area contributed by atoms with E-state index in [1.54, 1.807) is 14.2 Å². The standard InChI is InChI=1S/C15H30N2O4/c1-15(2,3)21-14(18)17(12-7-8-12)10-6-9-16-11-13(19-4)20-5/h12-13,16H,6-11H2,1-5H3. The van der Waals surface area contributed by atoms with Gasteiger partial charge < -0.3 is 24.4 Å². The lowest BCUT2D eigenvalue weighted by molar-refractivity contribution is -0.0986. The first-order valence-electron chi connectivity index (χ1n) is 7.63. The van der Waals surface area contributed by atoms with Crippen LogP contribution in [0.25, 0.3) is 0 Å². The van der Waals surface area contributed by atoms with Crippen molar-refractivity contribution in [2.75, 3.05) is 33.9 Å². The van der Waals surface area contributed by atoms with Crippen molar-refractivity contribution in [1.82, 2.24) is 10.2 Å². The van der Waals surface area contributed by atoms with Crippen molar-refractivity contribution in [3.05, 3.63) is 0 Å². The molecule has 0 aromatic rings. The van der Waals surface area contributed by atoms with Crippen LogP contribution >= 0.6 is 0 Å². The molecule has 1 aliphatic carbocycles. The van der Waals surface area contributed by atoms with Crippen LogP contribution in [0.3, 0.4) is 0 Å². The fourth-order valence-corrected chi connectivity index (χ4v) is 1.99. The summed E-state index contributed by atoms with van der Waals surface area (Å²) in [5.74, 6) is 0. The highest BCUT2D eigenvalue weighted by Crippen LogP contribution is 2.28. The Morgan fingerprint density at radius 1 is 1.29 bits per heavy atom. The Balaban J connectivity index is 2.24. The minimum Gasteiger partial charge on any atom is -0.444 e. The van der Waals surface area contributed by atoms with Crippen molar-refractivity contribution in [3.8, 4) is 0 Å². The van der Waals surface area contributed by atoms with Crippen LogP contribution in [0.5, 0.6) is 0 Å². The van der Waals surface area contributed by atoms with Crippen molar-refractivity contribution < 1.29 is 19.0 Å². The predicted octanol–water partition coefficient (Wildman–Crippen LogP) is 1.98. The molecule has 1 aliphatic rings. The molecule has 0 spiro atoms. The molecule has 6 heteroatoms. The smallest absolute Gasteiger partial charge is 0.410 e. The monoisotopic (exact) mass is 302 g/mol. The number of hydrogen-bond donors (Lipinski definition) is 1. The molecule has 0 atom stereocenters. The number of hydrogen-bond acceptors (Lipinski definition) is 5. The van der Waals surface area contributed by atoms with Crippen LogP contribution < -0.4 is 5.32 Å². The maximum Gasteiger partial charge on any atom is 0.410 e. The van der Waals surface area contributed by atoms with Crippen LogP contribution in [0.2, 0.25) is 0 Å². The summed E-state index contributed by atoms with van der Waals surface area (Å²) in [5.41, 5.74) is -0.438. The van der Waals surface area contributed by atoms with E-state index in [-0.39, 0.29) is 12.4 Å². The Hall–Kier alpha value is -0.850. The van der Waals surface area contributed by atoms with Gasteiger partial charge in [-0.3, -0.25) is 0 Å². The molecule has 0 aromatic heterocycles. The van der Waals surface area contributed by atoms with Crippen molar-refractivity contribution in [3.63, 3.8) is 0 Å². The van der Waals surface area contributed by atoms with Gasteiger partial charge in [-0.25, -0.2) is 4.79 Å². The molecule has 21 heavy (non-hydrogen) atoms. The van der Waals surface area contributed by atoms with E-state index in [9.17, 15) is 4.79 Å². The number of nitrogens with one attached hydrogen (secondary N) is 1. The second-order valence-corrected chi connectivity index (χ2v) is 6.36. The van der Waals surface area contributed by atoms with E-state index in [4.69, 9.17) is 14.2 Å². The zero-order chi connectivity index (χ0) is 15.9. The van der Waals surface area contributed by atoms with Gasteiger partial charge in [-0.15, -0.1) is 0 Å². The van der Waals surface area contributed by atoms with Gasteiger partial charge in [-0.1, -0.05) is 0 Å². The number of methoxy groups -OCH3 is 2. The topological polar surface area (TPSA) is 60.0 Å². The van der Waals surface area contributed by atoms with Gasteiger partial charge in [0.25, 0.3) is 0 Å². The fourth-order valence-electron chi connectivity index (χ4n) is 1.99. The van der Waals surface area contributed by atoms with E-state index in [1.165, 1.54) is 0 Å². The average molecular weight is 302 g/mol. The lowest BCUT2D eigenvalue weighted by Gasteiger charge is -2.27. The van der Waals surface area contributed by atoms with Crippen LogP contribution in [-0.4, -0.2) is 62.8 Å². The van der Waals surface area contributed by atoms with Gasteiger partial charge in [-0.2, -0.15) is 0 Å². The predicted molar refractivity (Wildman–Crippen MR) is 81.3 cm³/mol. The van der Waals surface area contributed by atoms with Gasteiger partial charge in [0, 0.05) is 33.4 Å². The SMILES string of the molecule is COC(CNCCCN(C(=O)OC(C)(C)C)C1CC1)OC. The van der Waals surface area contributed by atoms with E-state index >= 15 is 0 Å². The summed E-state index contributed by atoms with van der Waals surface area (Å²) in [4.78, 5) is 14.0. The summed E-state index contributed by atoms with van der Waals surface area (Å²) >= 11 is 0. The molecule has 1 N–H and O–H groups in total. The quantitative estimate of drug-likeness (QED) is 0.521. The second kappa shape index (κ2) is 8.56. The maximum atomic E-state index is 12.1. The summed E-state index contributed by atoms with van der Waals surface area (Å²) in [6.45, 7) is 7.86. The molecule has 0 saturated heterocycles. The number of nitrogens with zero attached hydrogens (tertiary/aromatic N) is 1. The van der Waals surface area contributed by atoms with Crippen molar-refractivity contribution in [2.45, 2.75) is 58.0 Å². The van der Waals surface area contributed by atoms with Crippen molar-refractivity contribution in [1.29, 1.82) is 0 Å². The molecule has 0 radical (unpaired) electrons. The molecule has 1 saturated carbocycles.